The van der Waals surface area contributed by atoms with Crippen LogP contribution in [0.2, 0.25) is 19.6 Å². The van der Waals surface area contributed by atoms with E-state index in [2.05, 4.69) is 63.7 Å². The average Bonchev–Trinajstić information content (AvgIpc) is 3.25. The number of hydrogen-bond donors (Lipinski definition) is 0. The number of fused-ring (bicyclic) bond motifs is 1. The van der Waals surface area contributed by atoms with Crippen LogP contribution in [0.4, 0.5) is 0 Å². The Hall–Kier alpha value is -1.26. The van der Waals surface area contributed by atoms with Gasteiger partial charge in [0.25, 0.3) is 0 Å². The van der Waals surface area contributed by atoms with Crippen molar-refractivity contribution in [1.29, 1.82) is 0 Å². The molecule has 1 aromatic carbocycles. The molecular formula is C19H30BN3O4Si. The molecule has 28 heavy (non-hydrogen) atoms. The molecule has 0 aliphatic carbocycles. The van der Waals surface area contributed by atoms with Crippen LogP contribution in [0, 0.1) is 0 Å². The Morgan fingerprint density at radius 1 is 1.07 bits per heavy atom. The standard InChI is InChI=1S/C19H30BN3O4Si/c1-18(2)19(3,4)27-20(26-18)14-10-13(17-24-8-9-25-17)11-15-16(14)23(22-21-15)12-28(5,6)7/h10-11,17H,8-9,12H2,1-7H3. The summed E-state index contributed by atoms with van der Waals surface area (Å²) in [4.78, 5) is 0. The van der Waals surface area contributed by atoms with E-state index in [1.54, 1.807) is 0 Å². The lowest BCUT2D eigenvalue weighted by Gasteiger charge is -2.32. The van der Waals surface area contributed by atoms with E-state index in [1.807, 2.05) is 10.7 Å². The summed E-state index contributed by atoms with van der Waals surface area (Å²) in [5, 5.41) is 8.91. The van der Waals surface area contributed by atoms with E-state index in [0.29, 0.717) is 13.2 Å². The summed E-state index contributed by atoms with van der Waals surface area (Å²) >= 11 is 0. The van der Waals surface area contributed by atoms with Crippen LogP contribution in [0.5, 0.6) is 0 Å². The number of benzene rings is 1. The molecule has 2 fully saturated rings. The van der Waals surface area contributed by atoms with Crippen molar-refractivity contribution in [3.63, 3.8) is 0 Å². The lowest BCUT2D eigenvalue weighted by Crippen LogP contribution is -2.41. The van der Waals surface area contributed by atoms with Crippen LogP contribution < -0.4 is 5.46 Å². The van der Waals surface area contributed by atoms with Gasteiger partial charge in [0.05, 0.1) is 38.0 Å². The number of ether oxygens (including phenoxy) is 2. The first kappa shape index (κ1) is 20.0. The number of rotatable bonds is 4. The van der Waals surface area contributed by atoms with Gasteiger partial charge in [0.2, 0.25) is 0 Å². The van der Waals surface area contributed by atoms with Crippen molar-refractivity contribution < 1.29 is 18.8 Å². The molecule has 0 bridgehead atoms. The molecule has 152 valence electrons. The quantitative estimate of drug-likeness (QED) is 0.732. The lowest BCUT2D eigenvalue weighted by molar-refractivity contribution is -0.0439. The third kappa shape index (κ3) is 3.54. The Kier molecular flexibility index (Phi) is 4.75. The molecule has 2 aliphatic heterocycles. The smallest absolute Gasteiger partial charge is 0.399 e. The Morgan fingerprint density at radius 3 is 2.25 bits per heavy atom. The average molecular weight is 403 g/mol. The van der Waals surface area contributed by atoms with E-state index in [-0.39, 0.29) is 6.29 Å². The van der Waals surface area contributed by atoms with Gasteiger partial charge in [0, 0.05) is 17.2 Å². The summed E-state index contributed by atoms with van der Waals surface area (Å²) in [5.41, 5.74) is 2.82. The molecule has 7 nitrogen and oxygen atoms in total. The van der Waals surface area contributed by atoms with Crippen LogP contribution in [0.1, 0.15) is 39.5 Å². The second-order valence-electron chi connectivity index (χ2n) is 9.95. The van der Waals surface area contributed by atoms with E-state index in [9.17, 15) is 0 Å². The Bertz CT molecular complexity index is 871. The van der Waals surface area contributed by atoms with Crippen molar-refractivity contribution in [2.24, 2.45) is 0 Å². The van der Waals surface area contributed by atoms with Gasteiger partial charge in [-0.15, -0.1) is 5.10 Å². The first-order valence-electron chi connectivity index (χ1n) is 9.93. The van der Waals surface area contributed by atoms with Crippen LogP contribution in [-0.4, -0.2) is 54.6 Å². The van der Waals surface area contributed by atoms with Gasteiger partial charge in [0.1, 0.15) is 5.52 Å². The summed E-state index contributed by atoms with van der Waals surface area (Å²) in [6, 6.07) is 4.08. The zero-order chi connectivity index (χ0) is 20.3. The topological polar surface area (TPSA) is 67.6 Å². The zero-order valence-corrected chi connectivity index (χ0v) is 18.9. The predicted octanol–water partition coefficient (Wildman–Crippen LogP) is 2.65. The molecule has 4 rings (SSSR count). The largest absolute Gasteiger partial charge is 0.497 e. The summed E-state index contributed by atoms with van der Waals surface area (Å²) in [5.74, 6) is 0. The maximum absolute atomic E-state index is 6.37. The molecule has 0 saturated carbocycles. The molecule has 0 N–H and O–H groups in total. The van der Waals surface area contributed by atoms with Gasteiger partial charge in [0.15, 0.2) is 6.29 Å². The van der Waals surface area contributed by atoms with Crippen LogP contribution in [0.25, 0.3) is 11.0 Å². The minimum absolute atomic E-state index is 0.382. The molecule has 1 aromatic heterocycles. The van der Waals surface area contributed by atoms with Crippen molar-refractivity contribution in [1.82, 2.24) is 15.0 Å². The van der Waals surface area contributed by atoms with E-state index < -0.39 is 26.4 Å². The molecule has 0 amide bonds. The fraction of sp³-hybridized carbons (Fsp3) is 0.684. The second kappa shape index (κ2) is 6.63. The minimum Gasteiger partial charge on any atom is -0.399 e. The lowest BCUT2D eigenvalue weighted by atomic mass is 9.77. The van der Waals surface area contributed by atoms with E-state index in [4.69, 9.17) is 18.8 Å². The molecule has 0 radical (unpaired) electrons. The minimum atomic E-state index is -1.41. The van der Waals surface area contributed by atoms with Gasteiger partial charge in [-0.2, -0.15) is 0 Å². The maximum Gasteiger partial charge on any atom is 0.497 e. The molecule has 2 saturated heterocycles. The predicted molar refractivity (Wildman–Crippen MR) is 111 cm³/mol. The van der Waals surface area contributed by atoms with Gasteiger partial charge in [-0.25, -0.2) is 4.68 Å². The van der Waals surface area contributed by atoms with Crippen LogP contribution in [0.3, 0.4) is 0 Å². The Labute approximate surface area is 167 Å². The molecule has 0 spiro atoms. The number of aromatic nitrogens is 3. The van der Waals surface area contributed by atoms with Gasteiger partial charge in [-0.1, -0.05) is 30.9 Å². The number of hydrogen-bond acceptors (Lipinski definition) is 6. The SMILES string of the molecule is CC1(C)OB(c2cc(C3OCCO3)cc3nnn(C[Si](C)(C)C)c23)OC1(C)C. The molecule has 0 unspecified atom stereocenters. The van der Waals surface area contributed by atoms with Gasteiger partial charge < -0.3 is 18.8 Å². The van der Waals surface area contributed by atoms with Crippen LogP contribution in [0.15, 0.2) is 12.1 Å². The van der Waals surface area contributed by atoms with Crippen molar-refractivity contribution in [3.05, 3.63) is 17.7 Å². The van der Waals surface area contributed by atoms with Crippen LogP contribution in [-0.2, 0) is 25.0 Å². The fourth-order valence-electron chi connectivity index (χ4n) is 3.56. The van der Waals surface area contributed by atoms with Gasteiger partial charge in [-0.3, -0.25) is 0 Å². The molecule has 2 aromatic rings. The van der Waals surface area contributed by atoms with E-state index >= 15 is 0 Å². The molecular weight excluding hydrogens is 373 g/mol. The monoisotopic (exact) mass is 403 g/mol. The van der Waals surface area contributed by atoms with Gasteiger partial charge in [-0.05, 0) is 33.8 Å². The second-order valence-corrected chi connectivity index (χ2v) is 15.4. The summed E-state index contributed by atoms with van der Waals surface area (Å²) in [7, 11) is -1.90. The molecule has 0 atom stereocenters. The zero-order valence-electron chi connectivity index (χ0n) is 17.9. The molecule has 3 heterocycles. The first-order valence-corrected chi connectivity index (χ1v) is 13.6. The highest BCUT2D eigenvalue weighted by molar-refractivity contribution is 6.75. The molecule has 9 heteroatoms. The van der Waals surface area contributed by atoms with E-state index in [1.165, 1.54) is 0 Å². The maximum atomic E-state index is 6.37. The summed E-state index contributed by atoms with van der Waals surface area (Å²) in [6.45, 7) is 16.4. The normalized spacial score (nSPS) is 22.5. The van der Waals surface area contributed by atoms with Crippen molar-refractivity contribution in [2.45, 2.75) is 71.0 Å². The third-order valence-electron chi connectivity index (χ3n) is 5.69. The van der Waals surface area contributed by atoms with Crippen molar-refractivity contribution in [3.8, 4) is 0 Å². The first-order chi connectivity index (χ1) is 13.0. The van der Waals surface area contributed by atoms with Crippen LogP contribution >= 0.6 is 0 Å². The third-order valence-corrected chi connectivity index (χ3v) is 6.93. The summed E-state index contributed by atoms with van der Waals surface area (Å²) in [6.07, 6.45) is 0.499. The highest BCUT2D eigenvalue weighted by atomic mass is 28.3. The van der Waals surface area contributed by atoms with Crippen molar-refractivity contribution >= 4 is 31.7 Å². The van der Waals surface area contributed by atoms with Gasteiger partial charge >= 0.3 is 7.12 Å². The Morgan fingerprint density at radius 2 is 1.68 bits per heavy atom. The summed E-state index contributed by atoms with van der Waals surface area (Å²) < 4.78 is 26.2. The Balaban J connectivity index is 1.84. The fourth-order valence-corrected chi connectivity index (χ4v) is 4.68. The molecule has 2 aliphatic rings. The highest BCUT2D eigenvalue weighted by Crippen LogP contribution is 2.37. The highest BCUT2D eigenvalue weighted by Gasteiger charge is 2.52. The number of nitrogens with zero attached hydrogens (tertiary/aromatic N) is 3. The van der Waals surface area contributed by atoms with Crippen molar-refractivity contribution in [2.75, 3.05) is 13.2 Å². The van der Waals surface area contributed by atoms with E-state index in [0.717, 1.165) is 28.2 Å².